The Labute approximate surface area is 131 Å². The zero-order chi connectivity index (χ0) is 16.1. The quantitative estimate of drug-likeness (QED) is 0.847. The highest BCUT2D eigenvalue weighted by Crippen LogP contribution is 2.16. The molecule has 0 unspecified atom stereocenters. The third-order valence-electron chi connectivity index (χ3n) is 4.31. The van der Waals surface area contributed by atoms with E-state index in [4.69, 9.17) is 0 Å². The summed E-state index contributed by atoms with van der Waals surface area (Å²) in [5, 5.41) is 3.02. The van der Waals surface area contributed by atoms with Gasteiger partial charge >= 0.3 is 0 Å². The van der Waals surface area contributed by atoms with Crippen molar-refractivity contribution in [1.29, 1.82) is 0 Å². The Kier molecular flexibility index (Phi) is 5.60. The first-order valence-electron chi connectivity index (χ1n) is 7.81. The second-order valence-electron chi connectivity index (χ2n) is 6.27. The third kappa shape index (κ3) is 4.34. The Hall–Kier alpha value is -1.82. The number of piperidine rings is 1. The monoisotopic (exact) mass is 306 g/mol. The van der Waals surface area contributed by atoms with Crippen LogP contribution in [-0.4, -0.2) is 66.9 Å². The molecule has 2 heterocycles. The molecule has 2 N–H and O–H groups in total. The molecule has 122 valence electrons. The molecule has 2 amide bonds. The second kappa shape index (κ2) is 7.45. The van der Waals surface area contributed by atoms with Gasteiger partial charge in [0.1, 0.15) is 0 Å². The first-order chi connectivity index (χ1) is 10.5. The van der Waals surface area contributed by atoms with Crippen molar-refractivity contribution >= 4 is 11.8 Å². The van der Waals surface area contributed by atoms with Gasteiger partial charge in [0.05, 0.1) is 12.1 Å². The molecule has 0 aromatic carbocycles. The van der Waals surface area contributed by atoms with Crippen molar-refractivity contribution in [3.8, 4) is 0 Å². The molecule has 0 radical (unpaired) electrons. The van der Waals surface area contributed by atoms with Crippen LogP contribution < -0.4 is 5.32 Å². The summed E-state index contributed by atoms with van der Waals surface area (Å²) in [6, 6.07) is 0. The van der Waals surface area contributed by atoms with Crippen molar-refractivity contribution in [2.75, 3.05) is 40.3 Å². The average Bonchev–Trinajstić information content (AvgIpc) is 2.92. The van der Waals surface area contributed by atoms with E-state index in [0.717, 1.165) is 31.5 Å². The minimum atomic E-state index is -0.0102. The molecule has 1 saturated heterocycles. The van der Waals surface area contributed by atoms with Gasteiger partial charge < -0.3 is 15.2 Å². The van der Waals surface area contributed by atoms with E-state index in [1.807, 2.05) is 13.1 Å². The molecule has 1 aromatic heterocycles. The molecule has 1 aliphatic heterocycles. The fourth-order valence-electron chi connectivity index (χ4n) is 2.70. The van der Waals surface area contributed by atoms with Crippen LogP contribution >= 0.6 is 0 Å². The van der Waals surface area contributed by atoms with Crippen molar-refractivity contribution in [2.45, 2.75) is 19.8 Å². The molecule has 0 aliphatic carbocycles. The molecular formula is C16H26N4O2. The number of amides is 2. The molecule has 22 heavy (non-hydrogen) atoms. The van der Waals surface area contributed by atoms with Crippen LogP contribution in [0.1, 0.15) is 28.8 Å². The average molecular weight is 306 g/mol. The van der Waals surface area contributed by atoms with Crippen molar-refractivity contribution in [3.05, 3.63) is 23.5 Å². The predicted molar refractivity (Wildman–Crippen MR) is 85.7 cm³/mol. The number of H-pyrrole nitrogens is 1. The highest BCUT2D eigenvalue weighted by atomic mass is 16.2. The Morgan fingerprint density at radius 1 is 1.32 bits per heavy atom. The van der Waals surface area contributed by atoms with Crippen molar-refractivity contribution < 1.29 is 9.59 Å². The number of hydrogen-bond acceptors (Lipinski definition) is 3. The van der Waals surface area contributed by atoms with Crippen molar-refractivity contribution in [3.63, 3.8) is 0 Å². The van der Waals surface area contributed by atoms with E-state index in [-0.39, 0.29) is 11.8 Å². The van der Waals surface area contributed by atoms with Crippen LogP contribution in [0.4, 0.5) is 0 Å². The van der Waals surface area contributed by atoms with E-state index < -0.39 is 0 Å². The van der Waals surface area contributed by atoms with Gasteiger partial charge in [0, 0.05) is 33.0 Å². The van der Waals surface area contributed by atoms with Crippen LogP contribution in [0.2, 0.25) is 0 Å². The third-order valence-corrected chi connectivity index (χ3v) is 4.31. The normalized spacial score (nSPS) is 16.5. The van der Waals surface area contributed by atoms with Crippen LogP contribution in [0.5, 0.6) is 0 Å². The molecule has 6 nitrogen and oxygen atoms in total. The molecule has 1 aromatic rings. The number of rotatable bonds is 5. The topological polar surface area (TPSA) is 68.4 Å². The molecule has 6 heteroatoms. The van der Waals surface area contributed by atoms with Gasteiger partial charge in [0.2, 0.25) is 5.91 Å². The Balaban J connectivity index is 1.71. The Morgan fingerprint density at radius 2 is 2.00 bits per heavy atom. The number of carbonyl (C=O) groups is 2. The van der Waals surface area contributed by atoms with E-state index in [1.54, 1.807) is 25.2 Å². The lowest BCUT2D eigenvalue weighted by molar-refractivity contribution is -0.130. The van der Waals surface area contributed by atoms with Crippen LogP contribution in [0.15, 0.2) is 12.4 Å². The van der Waals surface area contributed by atoms with Gasteiger partial charge in [-0.3, -0.25) is 14.5 Å². The van der Waals surface area contributed by atoms with Crippen molar-refractivity contribution in [2.24, 2.45) is 5.92 Å². The summed E-state index contributed by atoms with van der Waals surface area (Å²) >= 11 is 0. The Morgan fingerprint density at radius 3 is 2.55 bits per heavy atom. The maximum atomic E-state index is 12.1. The zero-order valence-corrected chi connectivity index (χ0v) is 13.7. The molecule has 1 aliphatic rings. The summed E-state index contributed by atoms with van der Waals surface area (Å²) in [6.07, 6.45) is 5.61. The second-order valence-corrected chi connectivity index (χ2v) is 6.27. The van der Waals surface area contributed by atoms with Gasteiger partial charge in [0.25, 0.3) is 5.91 Å². The van der Waals surface area contributed by atoms with Gasteiger partial charge in [-0.1, -0.05) is 0 Å². The summed E-state index contributed by atoms with van der Waals surface area (Å²) in [7, 11) is 3.57. The Bertz CT molecular complexity index is 516. The number of carbonyl (C=O) groups excluding carboxylic acids is 2. The summed E-state index contributed by atoms with van der Waals surface area (Å²) < 4.78 is 0. The van der Waals surface area contributed by atoms with E-state index in [1.165, 1.54) is 0 Å². The molecule has 1 fully saturated rings. The molecule has 2 rings (SSSR count). The van der Waals surface area contributed by atoms with Gasteiger partial charge in [-0.05, 0) is 44.3 Å². The summed E-state index contributed by atoms with van der Waals surface area (Å²) in [5.74, 6) is 0.632. The fourth-order valence-corrected chi connectivity index (χ4v) is 2.70. The molecule has 0 spiro atoms. The number of nitrogens with zero attached hydrogens (tertiary/aromatic N) is 2. The smallest absolute Gasteiger partial charge is 0.253 e. The van der Waals surface area contributed by atoms with E-state index in [2.05, 4.69) is 15.2 Å². The minimum absolute atomic E-state index is 0.0102. The maximum Gasteiger partial charge on any atom is 0.253 e. The van der Waals surface area contributed by atoms with Crippen molar-refractivity contribution in [1.82, 2.24) is 20.1 Å². The van der Waals surface area contributed by atoms with E-state index in [9.17, 15) is 9.59 Å². The number of likely N-dealkylation sites (tertiary alicyclic amines) is 1. The SMILES string of the molecule is Cc1c[nH]cc1C(=O)NCC1CCN(CC(=O)N(C)C)CC1. The number of nitrogens with one attached hydrogen (secondary N) is 2. The van der Waals surface area contributed by atoms with Gasteiger partial charge in [0.15, 0.2) is 0 Å². The first kappa shape index (κ1) is 16.5. The first-order valence-corrected chi connectivity index (χ1v) is 7.81. The molecule has 0 saturated carbocycles. The van der Waals surface area contributed by atoms with E-state index >= 15 is 0 Å². The molecule has 0 bridgehead atoms. The largest absolute Gasteiger partial charge is 0.367 e. The number of hydrogen-bond donors (Lipinski definition) is 2. The van der Waals surface area contributed by atoms with Gasteiger partial charge in [-0.25, -0.2) is 0 Å². The lowest BCUT2D eigenvalue weighted by Gasteiger charge is -2.32. The summed E-state index contributed by atoms with van der Waals surface area (Å²) in [4.78, 5) is 30.5. The fraction of sp³-hybridized carbons (Fsp3) is 0.625. The van der Waals surface area contributed by atoms with Crippen LogP contribution in [0, 0.1) is 12.8 Å². The standard InChI is InChI=1S/C16H26N4O2/c1-12-8-17-10-14(12)16(22)18-9-13-4-6-20(7-5-13)11-15(21)19(2)3/h8,10,13,17H,4-7,9,11H2,1-3H3,(H,18,22). The van der Waals surface area contributed by atoms with Gasteiger partial charge in [-0.2, -0.15) is 0 Å². The highest BCUT2D eigenvalue weighted by molar-refractivity contribution is 5.95. The minimum Gasteiger partial charge on any atom is -0.367 e. The number of aromatic nitrogens is 1. The lowest BCUT2D eigenvalue weighted by Crippen LogP contribution is -2.43. The number of aromatic amines is 1. The highest BCUT2D eigenvalue weighted by Gasteiger charge is 2.22. The molecule has 0 atom stereocenters. The molecular weight excluding hydrogens is 280 g/mol. The van der Waals surface area contributed by atoms with Crippen LogP contribution in [0.3, 0.4) is 0 Å². The summed E-state index contributed by atoms with van der Waals surface area (Å²) in [6.45, 7) is 4.96. The van der Waals surface area contributed by atoms with Crippen LogP contribution in [0.25, 0.3) is 0 Å². The van der Waals surface area contributed by atoms with E-state index in [0.29, 0.717) is 24.6 Å². The zero-order valence-electron chi connectivity index (χ0n) is 13.7. The van der Waals surface area contributed by atoms with Gasteiger partial charge in [-0.15, -0.1) is 0 Å². The summed E-state index contributed by atoms with van der Waals surface area (Å²) in [5.41, 5.74) is 1.68. The lowest BCUT2D eigenvalue weighted by atomic mass is 9.96. The van der Waals surface area contributed by atoms with Crippen LogP contribution in [-0.2, 0) is 4.79 Å². The number of aryl methyl sites for hydroxylation is 1. The number of likely N-dealkylation sites (N-methyl/N-ethyl adjacent to an activating group) is 1. The predicted octanol–water partition coefficient (Wildman–Crippen LogP) is 0.853. The maximum absolute atomic E-state index is 12.1.